The predicted octanol–water partition coefficient (Wildman–Crippen LogP) is 0.294. The largest absolute Gasteiger partial charge is 0.354 e. The van der Waals surface area contributed by atoms with Crippen LogP contribution in [0.15, 0.2) is 0 Å². The first-order valence-electron chi connectivity index (χ1n) is 7.99. The van der Waals surface area contributed by atoms with Gasteiger partial charge < -0.3 is 16.0 Å². The number of hydrogen-bond acceptors (Lipinski definition) is 4. The lowest BCUT2D eigenvalue weighted by Crippen LogP contribution is -2.49. The van der Waals surface area contributed by atoms with E-state index in [1.54, 1.807) is 7.05 Å². The summed E-state index contributed by atoms with van der Waals surface area (Å²) in [7, 11) is 1.67. The molecule has 2 rings (SSSR count). The third-order valence-corrected chi connectivity index (χ3v) is 4.84. The maximum Gasteiger partial charge on any atom is 0.327 e. The second kappa shape index (κ2) is 6.64. The lowest BCUT2D eigenvalue weighted by atomic mass is 9.81. The molecule has 4 amide bonds. The monoisotopic (exact) mass is 310 g/mol. The first kappa shape index (κ1) is 16.7. The third-order valence-electron chi connectivity index (χ3n) is 4.84. The van der Waals surface area contributed by atoms with Crippen molar-refractivity contribution in [3.63, 3.8) is 0 Å². The molecule has 1 heterocycles. The predicted molar refractivity (Wildman–Crippen MR) is 81.9 cm³/mol. The molecule has 22 heavy (non-hydrogen) atoms. The summed E-state index contributed by atoms with van der Waals surface area (Å²) in [5.41, 5.74) is 4.78. The molecule has 1 spiro atoms. The summed E-state index contributed by atoms with van der Waals surface area (Å²) in [5.74, 6) is -0.369. The molecule has 2 fully saturated rings. The van der Waals surface area contributed by atoms with Crippen LogP contribution in [0.2, 0.25) is 0 Å². The van der Waals surface area contributed by atoms with Crippen LogP contribution in [0.5, 0.6) is 0 Å². The molecular formula is C15H26N4O3. The van der Waals surface area contributed by atoms with Crippen LogP contribution in [0, 0.1) is 5.92 Å². The quantitative estimate of drug-likeness (QED) is 0.714. The minimum absolute atomic E-state index is 0.168. The number of imide groups is 1. The van der Waals surface area contributed by atoms with Crippen LogP contribution in [0.25, 0.3) is 0 Å². The zero-order valence-electron chi connectivity index (χ0n) is 13.4. The van der Waals surface area contributed by atoms with E-state index in [2.05, 4.69) is 5.32 Å². The van der Waals surface area contributed by atoms with E-state index in [9.17, 15) is 14.4 Å². The number of amides is 4. The number of carbonyl (C=O) groups is 3. The van der Waals surface area contributed by atoms with Gasteiger partial charge in [-0.25, -0.2) is 4.79 Å². The van der Waals surface area contributed by atoms with Gasteiger partial charge in [0.2, 0.25) is 5.91 Å². The van der Waals surface area contributed by atoms with Gasteiger partial charge in [0.1, 0.15) is 12.1 Å². The molecule has 1 aliphatic carbocycles. The second-order valence-electron chi connectivity index (χ2n) is 6.47. The van der Waals surface area contributed by atoms with Crippen molar-refractivity contribution >= 4 is 17.8 Å². The molecule has 0 bridgehead atoms. The highest BCUT2D eigenvalue weighted by atomic mass is 16.2. The van der Waals surface area contributed by atoms with Gasteiger partial charge >= 0.3 is 6.03 Å². The first-order chi connectivity index (χ1) is 10.4. The Morgan fingerprint density at radius 2 is 1.95 bits per heavy atom. The summed E-state index contributed by atoms with van der Waals surface area (Å²) in [5, 5.41) is 2.72. The molecule has 3 N–H and O–H groups in total. The molecule has 0 aromatic carbocycles. The summed E-state index contributed by atoms with van der Waals surface area (Å²) >= 11 is 0. The Morgan fingerprint density at radius 3 is 2.55 bits per heavy atom. The van der Waals surface area contributed by atoms with Gasteiger partial charge in [0.25, 0.3) is 5.91 Å². The fraction of sp³-hybridized carbons (Fsp3) is 0.800. The molecule has 1 saturated carbocycles. The minimum atomic E-state index is -0.722. The molecule has 7 nitrogen and oxygen atoms in total. The van der Waals surface area contributed by atoms with Crippen LogP contribution in [-0.2, 0) is 9.59 Å². The van der Waals surface area contributed by atoms with Gasteiger partial charge in [0, 0.05) is 13.6 Å². The summed E-state index contributed by atoms with van der Waals surface area (Å²) in [6.45, 7) is 2.65. The van der Waals surface area contributed by atoms with E-state index in [0.29, 0.717) is 25.9 Å². The van der Waals surface area contributed by atoms with E-state index in [1.165, 1.54) is 4.90 Å². The summed E-state index contributed by atoms with van der Waals surface area (Å²) < 4.78 is 0. The van der Waals surface area contributed by atoms with Crippen molar-refractivity contribution in [2.75, 3.05) is 26.7 Å². The zero-order chi connectivity index (χ0) is 16.3. The number of hydrogen-bond donors (Lipinski definition) is 2. The van der Waals surface area contributed by atoms with Crippen molar-refractivity contribution in [2.24, 2.45) is 11.7 Å². The Bertz CT molecular complexity index is 460. The SMILES string of the molecule is CC(CN)CNC(=O)CN1C(=O)N(C)C2(CCCCC2)C1=O. The van der Waals surface area contributed by atoms with E-state index in [4.69, 9.17) is 5.73 Å². The number of nitrogens with one attached hydrogen (secondary N) is 1. The van der Waals surface area contributed by atoms with E-state index in [0.717, 1.165) is 24.2 Å². The molecule has 1 atom stereocenters. The normalized spacial score (nSPS) is 22.3. The molecule has 2 aliphatic rings. The van der Waals surface area contributed by atoms with Crippen molar-refractivity contribution in [1.29, 1.82) is 0 Å². The highest BCUT2D eigenvalue weighted by Crippen LogP contribution is 2.39. The number of urea groups is 1. The van der Waals surface area contributed by atoms with Crippen molar-refractivity contribution in [2.45, 2.75) is 44.6 Å². The van der Waals surface area contributed by atoms with E-state index in [-0.39, 0.29) is 30.3 Å². The van der Waals surface area contributed by atoms with Crippen LogP contribution in [0.1, 0.15) is 39.0 Å². The maximum absolute atomic E-state index is 12.7. The fourth-order valence-electron chi connectivity index (χ4n) is 3.24. The van der Waals surface area contributed by atoms with E-state index < -0.39 is 5.54 Å². The molecule has 124 valence electrons. The lowest BCUT2D eigenvalue weighted by Gasteiger charge is -2.35. The number of carbonyl (C=O) groups excluding carboxylic acids is 3. The zero-order valence-corrected chi connectivity index (χ0v) is 13.4. The summed E-state index contributed by atoms with van der Waals surface area (Å²) in [4.78, 5) is 39.6. The Kier molecular flexibility index (Phi) is 5.05. The fourth-order valence-corrected chi connectivity index (χ4v) is 3.24. The van der Waals surface area contributed by atoms with Crippen LogP contribution in [0.4, 0.5) is 4.79 Å². The van der Waals surface area contributed by atoms with Gasteiger partial charge in [-0.3, -0.25) is 14.5 Å². The maximum atomic E-state index is 12.7. The van der Waals surface area contributed by atoms with Crippen molar-refractivity contribution in [3.8, 4) is 0 Å². The number of nitrogens with zero attached hydrogens (tertiary/aromatic N) is 2. The molecule has 7 heteroatoms. The highest BCUT2D eigenvalue weighted by molar-refractivity contribution is 6.08. The third kappa shape index (κ3) is 2.95. The van der Waals surface area contributed by atoms with Crippen molar-refractivity contribution < 1.29 is 14.4 Å². The molecule has 1 aliphatic heterocycles. The van der Waals surface area contributed by atoms with Crippen LogP contribution in [-0.4, -0.2) is 59.9 Å². The van der Waals surface area contributed by atoms with Crippen molar-refractivity contribution in [3.05, 3.63) is 0 Å². The number of nitrogens with two attached hydrogens (primary N) is 1. The number of rotatable bonds is 5. The Balaban J connectivity index is 2.01. The van der Waals surface area contributed by atoms with Crippen molar-refractivity contribution in [1.82, 2.24) is 15.1 Å². The first-order valence-corrected chi connectivity index (χ1v) is 7.99. The standard InChI is InChI=1S/C15H26N4O3/c1-11(8-16)9-17-12(20)10-19-13(21)15(18(2)14(19)22)6-4-3-5-7-15/h11H,3-10,16H2,1-2H3,(H,17,20). The highest BCUT2D eigenvalue weighted by Gasteiger charge is 2.55. The molecule has 1 saturated heterocycles. The van der Waals surface area contributed by atoms with Gasteiger partial charge in [-0.05, 0) is 25.3 Å². The lowest BCUT2D eigenvalue weighted by molar-refractivity contribution is -0.137. The Hall–Kier alpha value is -1.63. The molecule has 0 aromatic heterocycles. The van der Waals surface area contributed by atoms with Gasteiger partial charge in [-0.1, -0.05) is 26.2 Å². The molecular weight excluding hydrogens is 284 g/mol. The summed E-state index contributed by atoms with van der Waals surface area (Å²) in [6.07, 6.45) is 4.36. The molecule has 1 unspecified atom stereocenters. The molecule has 0 aromatic rings. The number of likely N-dealkylation sites (N-methyl/N-ethyl adjacent to an activating group) is 1. The van der Waals surface area contributed by atoms with Gasteiger partial charge in [-0.15, -0.1) is 0 Å². The van der Waals surface area contributed by atoms with Crippen LogP contribution < -0.4 is 11.1 Å². The minimum Gasteiger partial charge on any atom is -0.354 e. The average molecular weight is 310 g/mol. The summed E-state index contributed by atoms with van der Waals surface area (Å²) in [6, 6.07) is -0.367. The Labute approximate surface area is 131 Å². The van der Waals surface area contributed by atoms with Crippen LogP contribution >= 0.6 is 0 Å². The average Bonchev–Trinajstić information content (AvgIpc) is 2.70. The van der Waals surface area contributed by atoms with Gasteiger partial charge in [0.05, 0.1) is 0 Å². The molecule has 0 radical (unpaired) electrons. The topological polar surface area (TPSA) is 95.7 Å². The van der Waals surface area contributed by atoms with Crippen LogP contribution in [0.3, 0.4) is 0 Å². The van der Waals surface area contributed by atoms with Gasteiger partial charge in [0.15, 0.2) is 0 Å². The second-order valence-corrected chi connectivity index (χ2v) is 6.47. The Morgan fingerprint density at radius 1 is 1.32 bits per heavy atom. The van der Waals surface area contributed by atoms with E-state index >= 15 is 0 Å². The van der Waals surface area contributed by atoms with E-state index in [1.807, 2.05) is 6.92 Å². The van der Waals surface area contributed by atoms with Gasteiger partial charge in [-0.2, -0.15) is 0 Å². The smallest absolute Gasteiger partial charge is 0.327 e.